The third kappa shape index (κ3) is 10.2. The fraction of sp³-hybridized carbons (Fsp3) is 0.867. The molecule has 0 fully saturated rings. The van der Waals surface area contributed by atoms with Gasteiger partial charge in [-0.2, -0.15) is 0 Å². The minimum atomic E-state index is -3.01. The minimum absolute atomic E-state index is 0.0282. The monoisotopic (exact) mass is 308 g/mol. The Hall–Kier alpha value is -1.20. The molecule has 0 aromatic carbocycles. The molecule has 0 saturated heterocycles. The Bertz CT molecular complexity index is 348. The molecule has 124 valence electrons. The second-order valence-corrected chi connectivity index (χ2v) is 6.07. The fourth-order valence-electron chi connectivity index (χ4n) is 1.53. The molecule has 0 spiro atoms. The molecule has 21 heavy (non-hydrogen) atoms. The van der Waals surface area contributed by atoms with E-state index in [9.17, 15) is 18.4 Å². The number of alkyl halides is 2. The lowest BCUT2D eigenvalue weighted by Crippen LogP contribution is -2.31. The second-order valence-electron chi connectivity index (χ2n) is 6.07. The molecule has 6 heteroatoms. The molecule has 0 bridgehead atoms. The first-order valence-corrected chi connectivity index (χ1v) is 7.23. The van der Waals surface area contributed by atoms with E-state index in [0.29, 0.717) is 26.2 Å². The predicted octanol–water partition coefficient (Wildman–Crippen LogP) is 3.72. The molecule has 4 nitrogen and oxygen atoms in total. The minimum Gasteiger partial charge on any atom is -0.459 e. The number of hydrogen-bond donors (Lipinski definition) is 0. The van der Waals surface area contributed by atoms with Crippen LogP contribution in [0.25, 0.3) is 0 Å². The van der Waals surface area contributed by atoms with Gasteiger partial charge in [0.25, 0.3) is 5.92 Å². The molecule has 0 radical (unpaired) electrons. The number of carbonyl (C=O) groups excluding carboxylic acids is 2. The highest BCUT2D eigenvalue weighted by Gasteiger charge is 2.26. The summed E-state index contributed by atoms with van der Waals surface area (Å²) in [4.78, 5) is 23.0. The van der Waals surface area contributed by atoms with Crippen molar-refractivity contribution >= 4 is 11.9 Å². The van der Waals surface area contributed by atoms with Gasteiger partial charge < -0.3 is 9.47 Å². The number of ether oxygens (including phenoxy) is 2. The smallest absolute Gasteiger partial charge is 0.309 e. The lowest BCUT2D eigenvalue weighted by molar-refractivity contribution is -0.162. The summed E-state index contributed by atoms with van der Waals surface area (Å²) in [5.41, 5.74) is -0.685. The van der Waals surface area contributed by atoms with E-state index in [1.165, 1.54) is 0 Å². The van der Waals surface area contributed by atoms with Gasteiger partial charge in [-0.1, -0.05) is 13.8 Å². The molecule has 0 rings (SSSR count). The van der Waals surface area contributed by atoms with Crippen LogP contribution in [0.4, 0.5) is 8.78 Å². The average molecular weight is 308 g/mol. The van der Waals surface area contributed by atoms with E-state index >= 15 is 0 Å². The van der Waals surface area contributed by atoms with Crippen LogP contribution in [-0.4, -0.2) is 30.1 Å². The van der Waals surface area contributed by atoms with Gasteiger partial charge in [-0.25, -0.2) is 8.78 Å². The Morgan fingerprint density at radius 3 is 2.24 bits per heavy atom. The summed E-state index contributed by atoms with van der Waals surface area (Å²) < 4.78 is 34.9. The van der Waals surface area contributed by atoms with E-state index in [-0.39, 0.29) is 18.3 Å². The normalized spacial score (nSPS) is 13.7. The Kier molecular flexibility index (Phi) is 7.82. The van der Waals surface area contributed by atoms with Crippen LogP contribution in [-0.2, 0) is 19.1 Å². The van der Waals surface area contributed by atoms with Gasteiger partial charge in [0, 0.05) is 13.3 Å². The summed E-state index contributed by atoms with van der Waals surface area (Å²) in [6.07, 6.45) is 1.61. The van der Waals surface area contributed by atoms with Gasteiger partial charge in [0.15, 0.2) is 6.61 Å². The van der Waals surface area contributed by atoms with E-state index in [2.05, 4.69) is 4.74 Å². The molecule has 0 aliphatic rings. The first-order valence-electron chi connectivity index (χ1n) is 7.23. The van der Waals surface area contributed by atoms with Crippen LogP contribution >= 0.6 is 0 Å². The van der Waals surface area contributed by atoms with E-state index in [4.69, 9.17) is 4.74 Å². The number of hydrogen-bond acceptors (Lipinski definition) is 4. The SMILES string of the molecule is CCC(C)C(=O)OC(C)(C)CCCC(=O)OCC(C)(F)F. The first-order chi connectivity index (χ1) is 9.47. The zero-order valence-electron chi connectivity index (χ0n) is 13.5. The van der Waals surface area contributed by atoms with Crippen molar-refractivity contribution in [1.82, 2.24) is 0 Å². The van der Waals surface area contributed by atoms with Gasteiger partial charge in [0.2, 0.25) is 0 Å². The second kappa shape index (κ2) is 8.29. The highest BCUT2D eigenvalue weighted by molar-refractivity contribution is 5.72. The maximum absolute atomic E-state index is 12.5. The molecule has 0 aromatic heterocycles. The van der Waals surface area contributed by atoms with Crippen molar-refractivity contribution < 1.29 is 27.8 Å². The number of carbonyl (C=O) groups is 2. The third-order valence-corrected chi connectivity index (χ3v) is 3.04. The molecule has 0 N–H and O–H groups in total. The van der Waals surface area contributed by atoms with Crippen LogP contribution in [0.2, 0.25) is 0 Å². The Morgan fingerprint density at radius 1 is 1.19 bits per heavy atom. The Morgan fingerprint density at radius 2 is 1.76 bits per heavy atom. The summed E-state index contributed by atoms with van der Waals surface area (Å²) in [7, 11) is 0. The maximum atomic E-state index is 12.5. The van der Waals surface area contributed by atoms with Crippen LogP contribution in [0, 0.1) is 5.92 Å². The molecule has 0 aliphatic carbocycles. The fourth-order valence-corrected chi connectivity index (χ4v) is 1.53. The summed E-state index contributed by atoms with van der Waals surface area (Å²) in [6, 6.07) is 0. The standard InChI is InChI=1S/C15H26F2O4/c1-6-11(2)13(19)21-14(3,4)9-7-8-12(18)20-10-15(5,16)17/h11H,6-10H2,1-5H3. The number of esters is 2. The first kappa shape index (κ1) is 19.8. The summed E-state index contributed by atoms with van der Waals surface area (Å²) in [5, 5.41) is 0. The van der Waals surface area contributed by atoms with Crippen LogP contribution in [0.15, 0.2) is 0 Å². The quantitative estimate of drug-likeness (QED) is 0.609. The third-order valence-electron chi connectivity index (χ3n) is 3.04. The Labute approximate surface area is 125 Å². The topological polar surface area (TPSA) is 52.6 Å². The highest BCUT2D eigenvalue weighted by atomic mass is 19.3. The van der Waals surface area contributed by atoms with E-state index in [0.717, 1.165) is 0 Å². The molecule has 0 aliphatic heterocycles. The van der Waals surface area contributed by atoms with Crippen LogP contribution in [0.1, 0.15) is 60.3 Å². The number of rotatable bonds is 9. The van der Waals surface area contributed by atoms with Crippen molar-refractivity contribution in [2.45, 2.75) is 71.8 Å². The molecule has 1 unspecified atom stereocenters. The van der Waals surface area contributed by atoms with Gasteiger partial charge in [-0.15, -0.1) is 0 Å². The summed E-state index contributed by atoms with van der Waals surface area (Å²) in [5.74, 6) is -4.11. The van der Waals surface area contributed by atoms with E-state index < -0.39 is 24.1 Å². The molecule has 0 saturated carbocycles. The lowest BCUT2D eigenvalue weighted by atomic mass is 10.0. The van der Waals surface area contributed by atoms with Crippen LogP contribution < -0.4 is 0 Å². The predicted molar refractivity (Wildman–Crippen MR) is 75.1 cm³/mol. The molecular formula is C15H26F2O4. The highest BCUT2D eigenvalue weighted by Crippen LogP contribution is 2.21. The molecule has 0 heterocycles. The van der Waals surface area contributed by atoms with Crippen molar-refractivity contribution in [2.75, 3.05) is 6.61 Å². The van der Waals surface area contributed by atoms with Gasteiger partial charge in [0.1, 0.15) is 5.60 Å². The van der Waals surface area contributed by atoms with Gasteiger partial charge in [0.05, 0.1) is 5.92 Å². The average Bonchev–Trinajstić information content (AvgIpc) is 2.33. The summed E-state index contributed by atoms with van der Waals surface area (Å²) in [6.45, 7) is 7.01. The van der Waals surface area contributed by atoms with Crippen molar-refractivity contribution in [3.63, 3.8) is 0 Å². The van der Waals surface area contributed by atoms with Crippen molar-refractivity contribution in [2.24, 2.45) is 5.92 Å². The zero-order chi connectivity index (χ0) is 16.7. The maximum Gasteiger partial charge on any atom is 0.309 e. The van der Waals surface area contributed by atoms with Gasteiger partial charge in [-0.05, 0) is 33.1 Å². The van der Waals surface area contributed by atoms with Gasteiger partial charge >= 0.3 is 11.9 Å². The van der Waals surface area contributed by atoms with Gasteiger partial charge in [-0.3, -0.25) is 9.59 Å². The van der Waals surface area contributed by atoms with Crippen LogP contribution in [0.5, 0.6) is 0 Å². The zero-order valence-corrected chi connectivity index (χ0v) is 13.5. The van der Waals surface area contributed by atoms with E-state index in [1.807, 2.05) is 6.92 Å². The number of halogens is 2. The van der Waals surface area contributed by atoms with Crippen molar-refractivity contribution in [3.8, 4) is 0 Å². The largest absolute Gasteiger partial charge is 0.459 e. The lowest BCUT2D eigenvalue weighted by Gasteiger charge is -2.26. The molecule has 0 aromatic rings. The molecule has 0 amide bonds. The molecular weight excluding hydrogens is 282 g/mol. The van der Waals surface area contributed by atoms with Crippen molar-refractivity contribution in [1.29, 1.82) is 0 Å². The van der Waals surface area contributed by atoms with Crippen LogP contribution in [0.3, 0.4) is 0 Å². The Balaban J connectivity index is 4.04. The van der Waals surface area contributed by atoms with E-state index in [1.54, 1.807) is 20.8 Å². The molecule has 1 atom stereocenters. The van der Waals surface area contributed by atoms with Crippen molar-refractivity contribution in [3.05, 3.63) is 0 Å². The summed E-state index contributed by atoms with van der Waals surface area (Å²) >= 11 is 0.